The summed E-state index contributed by atoms with van der Waals surface area (Å²) >= 11 is 0. The Labute approximate surface area is 104 Å². The van der Waals surface area contributed by atoms with Gasteiger partial charge in [0, 0.05) is 0 Å². The van der Waals surface area contributed by atoms with Crippen molar-refractivity contribution in [3.63, 3.8) is 0 Å². The van der Waals surface area contributed by atoms with Crippen molar-refractivity contribution in [1.29, 1.82) is 0 Å². The number of hydrogen-bond donors (Lipinski definition) is 3. The molecule has 96 valence electrons. The third-order valence-corrected chi connectivity index (χ3v) is 3.19. The number of amides is 1. The monoisotopic (exact) mass is 249 g/mol. The number of carboxylic acid groups (broad SMARTS) is 1. The number of nitrogens with two attached hydrogens (primary N) is 1. The van der Waals surface area contributed by atoms with Crippen molar-refractivity contribution in [2.45, 2.75) is 31.2 Å². The van der Waals surface area contributed by atoms with E-state index in [9.17, 15) is 9.59 Å². The molecule has 0 aliphatic heterocycles. The largest absolute Gasteiger partial charge is 0.477 e. The predicted molar refractivity (Wildman–Crippen MR) is 65.2 cm³/mol. The zero-order valence-electron chi connectivity index (χ0n) is 9.85. The molecular formula is C12H15N3O3. The highest BCUT2D eigenvalue weighted by molar-refractivity contribution is 5.98. The third kappa shape index (κ3) is 2.48. The van der Waals surface area contributed by atoms with Crippen LogP contribution in [0.25, 0.3) is 0 Å². The number of anilines is 1. The molecule has 1 amide bonds. The third-order valence-electron chi connectivity index (χ3n) is 3.19. The van der Waals surface area contributed by atoms with E-state index in [1.165, 1.54) is 18.3 Å². The first-order valence-electron chi connectivity index (χ1n) is 5.81. The maximum atomic E-state index is 12.0. The molecule has 18 heavy (non-hydrogen) atoms. The van der Waals surface area contributed by atoms with Gasteiger partial charge < -0.3 is 16.2 Å². The predicted octanol–water partition coefficient (Wildman–Crippen LogP) is 0.990. The maximum absolute atomic E-state index is 12.0. The van der Waals surface area contributed by atoms with Crippen LogP contribution in [0, 0.1) is 0 Å². The summed E-state index contributed by atoms with van der Waals surface area (Å²) < 4.78 is 0. The molecule has 0 atom stereocenters. The van der Waals surface area contributed by atoms with Crippen LogP contribution in [-0.2, 0) is 4.79 Å². The van der Waals surface area contributed by atoms with Gasteiger partial charge in [-0.2, -0.15) is 0 Å². The topological polar surface area (TPSA) is 105 Å². The lowest BCUT2D eigenvalue weighted by atomic mass is 9.98. The molecule has 1 aromatic heterocycles. The molecule has 2 rings (SSSR count). The van der Waals surface area contributed by atoms with Gasteiger partial charge in [-0.05, 0) is 25.0 Å². The Kier molecular flexibility index (Phi) is 3.29. The van der Waals surface area contributed by atoms with E-state index in [0.717, 1.165) is 12.8 Å². The Morgan fingerprint density at radius 3 is 2.50 bits per heavy atom. The standard InChI is InChI=1S/C12H15N3O3/c13-12(5-1-2-6-12)11(18)15-8-3-4-9(10(16)17)14-7-8/h3-4,7H,1-2,5-6,13H2,(H,15,18)(H,16,17). The van der Waals surface area contributed by atoms with E-state index in [1.54, 1.807) is 0 Å². The van der Waals surface area contributed by atoms with E-state index >= 15 is 0 Å². The summed E-state index contributed by atoms with van der Waals surface area (Å²) in [6.07, 6.45) is 4.60. The number of nitrogens with zero attached hydrogens (tertiary/aromatic N) is 1. The van der Waals surface area contributed by atoms with E-state index in [1.807, 2.05) is 0 Å². The van der Waals surface area contributed by atoms with Gasteiger partial charge in [0.15, 0.2) is 0 Å². The van der Waals surface area contributed by atoms with Gasteiger partial charge in [-0.25, -0.2) is 9.78 Å². The fraction of sp³-hybridized carbons (Fsp3) is 0.417. The second-order valence-electron chi connectivity index (χ2n) is 4.55. The van der Waals surface area contributed by atoms with Crippen molar-refractivity contribution < 1.29 is 14.7 Å². The van der Waals surface area contributed by atoms with Crippen LogP contribution in [0.3, 0.4) is 0 Å². The Bertz CT molecular complexity index is 464. The Morgan fingerprint density at radius 2 is 2.00 bits per heavy atom. The lowest BCUT2D eigenvalue weighted by molar-refractivity contribution is -0.121. The first-order valence-corrected chi connectivity index (χ1v) is 5.81. The second-order valence-corrected chi connectivity index (χ2v) is 4.55. The summed E-state index contributed by atoms with van der Waals surface area (Å²) in [4.78, 5) is 26.3. The summed E-state index contributed by atoms with van der Waals surface area (Å²) in [5.41, 5.74) is 5.60. The summed E-state index contributed by atoms with van der Waals surface area (Å²) in [6, 6.07) is 2.85. The van der Waals surface area contributed by atoms with E-state index in [-0.39, 0.29) is 11.6 Å². The zero-order chi connectivity index (χ0) is 13.2. The number of aromatic nitrogens is 1. The van der Waals surface area contributed by atoms with Crippen molar-refractivity contribution >= 4 is 17.6 Å². The summed E-state index contributed by atoms with van der Waals surface area (Å²) in [7, 11) is 0. The van der Waals surface area contributed by atoms with Gasteiger partial charge >= 0.3 is 5.97 Å². The van der Waals surface area contributed by atoms with Gasteiger partial charge in [-0.1, -0.05) is 12.8 Å². The number of carbonyl (C=O) groups is 2. The van der Waals surface area contributed by atoms with Gasteiger partial charge in [-0.15, -0.1) is 0 Å². The molecule has 0 bridgehead atoms. The average molecular weight is 249 g/mol. The van der Waals surface area contributed by atoms with Gasteiger partial charge in [-0.3, -0.25) is 4.79 Å². The van der Waals surface area contributed by atoms with E-state index in [4.69, 9.17) is 10.8 Å². The Hall–Kier alpha value is -1.95. The number of nitrogens with one attached hydrogen (secondary N) is 1. The molecule has 0 radical (unpaired) electrons. The molecule has 0 saturated heterocycles. The lowest BCUT2D eigenvalue weighted by Gasteiger charge is -2.22. The lowest BCUT2D eigenvalue weighted by Crippen LogP contribution is -2.48. The van der Waals surface area contributed by atoms with Gasteiger partial charge in [0.1, 0.15) is 5.69 Å². The number of hydrogen-bond acceptors (Lipinski definition) is 4. The van der Waals surface area contributed by atoms with Crippen LogP contribution in [0.2, 0.25) is 0 Å². The van der Waals surface area contributed by atoms with Crippen molar-refractivity contribution in [2.24, 2.45) is 5.73 Å². The smallest absolute Gasteiger partial charge is 0.354 e. The molecule has 1 aliphatic rings. The van der Waals surface area contributed by atoms with E-state index < -0.39 is 11.5 Å². The van der Waals surface area contributed by atoms with E-state index in [2.05, 4.69) is 10.3 Å². The van der Waals surface area contributed by atoms with Crippen molar-refractivity contribution in [3.05, 3.63) is 24.0 Å². The van der Waals surface area contributed by atoms with Crippen molar-refractivity contribution in [3.8, 4) is 0 Å². The molecular weight excluding hydrogens is 234 g/mol. The maximum Gasteiger partial charge on any atom is 0.354 e. The number of carbonyl (C=O) groups excluding carboxylic acids is 1. The van der Waals surface area contributed by atoms with Crippen LogP contribution in [0.1, 0.15) is 36.2 Å². The average Bonchev–Trinajstić information content (AvgIpc) is 2.78. The minimum absolute atomic E-state index is 0.0590. The molecule has 1 fully saturated rings. The van der Waals surface area contributed by atoms with Crippen LogP contribution in [0.15, 0.2) is 18.3 Å². The number of rotatable bonds is 3. The molecule has 4 N–H and O–H groups in total. The first-order chi connectivity index (χ1) is 8.51. The SMILES string of the molecule is NC1(C(=O)Nc2ccc(C(=O)O)nc2)CCCC1. The molecule has 0 aromatic carbocycles. The highest BCUT2D eigenvalue weighted by atomic mass is 16.4. The Balaban J connectivity index is 2.05. The molecule has 1 heterocycles. The second kappa shape index (κ2) is 4.73. The Morgan fingerprint density at radius 1 is 1.33 bits per heavy atom. The van der Waals surface area contributed by atoms with Crippen LogP contribution >= 0.6 is 0 Å². The van der Waals surface area contributed by atoms with Crippen molar-refractivity contribution in [1.82, 2.24) is 4.98 Å². The normalized spacial score (nSPS) is 17.4. The first kappa shape index (κ1) is 12.5. The van der Waals surface area contributed by atoms with Gasteiger partial charge in [0.05, 0.1) is 17.4 Å². The molecule has 1 aliphatic carbocycles. The van der Waals surface area contributed by atoms with Crippen LogP contribution in [0.4, 0.5) is 5.69 Å². The number of aromatic carboxylic acids is 1. The minimum Gasteiger partial charge on any atom is -0.477 e. The highest BCUT2D eigenvalue weighted by Gasteiger charge is 2.36. The molecule has 1 saturated carbocycles. The van der Waals surface area contributed by atoms with Crippen LogP contribution in [0.5, 0.6) is 0 Å². The summed E-state index contributed by atoms with van der Waals surface area (Å²) in [6.45, 7) is 0. The summed E-state index contributed by atoms with van der Waals surface area (Å²) in [5, 5.41) is 11.4. The summed E-state index contributed by atoms with van der Waals surface area (Å²) in [5.74, 6) is -1.33. The molecule has 0 spiro atoms. The number of carboxylic acids is 1. The van der Waals surface area contributed by atoms with Gasteiger partial charge in [0.25, 0.3) is 0 Å². The molecule has 6 heteroatoms. The van der Waals surface area contributed by atoms with Gasteiger partial charge in [0.2, 0.25) is 5.91 Å². The minimum atomic E-state index is -1.10. The highest BCUT2D eigenvalue weighted by Crippen LogP contribution is 2.28. The molecule has 6 nitrogen and oxygen atoms in total. The van der Waals surface area contributed by atoms with Crippen LogP contribution < -0.4 is 11.1 Å². The zero-order valence-corrected chi connectivity index (χ0v) is 9.85. The fourth-order valence-electron chi connectivity index (χ4n) is 2.08. The fourth-order valence-corrected chi connectivity index (χ4v) is 2.08. The van der Waals surface area contributed by atoms with Crippen LogP contribution in [-0.4, -0.2) is 27.5 Å². The molecule has 1 aromatic rings. The quantitative estimate of drug-likeness (QED) is 0.740. The van der Waals surface area contributed by atoms with E-state index in [0.29, 0.717) is 18.5 Å². The van der Waals surface area contributed by atoms with Crippen molar-refractivity contribution in [2.75, 3.05) is 5.32 Å². The number of pyridine rings is 1. The molecule has 0 unspecified atom stereocenters.